The summed E-state index contributed by atoms with van der Waals surface area (Å²) in [7, 11) is 0. The molecule has 1 rings (SSSR count). The highest BCUT2D eigenvalue weighted by Crippen LogP contribution is 2.41. The second-order valence-electron chi connectivity index (χ2n) is 3.47. The van der Waals surface area contributed by atoms with Crippen LogP contribution in [0.15, 0.2) is 0 Å². The van der Waals surface area contributed by atoms with Gasteiger partial charge < -0.3 is 20.8 Å². The van der Waals surface area contributed by atoms with Gasteiger partial charge in [-0.2, -0.15) is 26.3 Å². The lowest BCUT2D eigenvalue weighted by Crippen LogP contribution is -2.76. The molecule has 0 aromatic carbocycles. The fraction of sp³-hybridized carbons (Fsp3) is 0.833. The van der Waals surface area contributed by atoms with Crippen LogP contribution in [-0.2, 0) is 0 Å². The van der Waals surface area contributed by atoms with Gasteiger partial charge in [0.15, 0.2) is 0 Å². The summed E-state index contributed by atoms with van der Waals surface area (Å²) in [6, 6.07) is -1.99. The molecule has 0 aliphatic carbocycles. The van der Waals surface area contributed by atoms with Crippen LogP contribution in [0.2, 0.25) is 0 Å². The lowest BCUT2D eigenvalue weighted by atomic mass is 9.96. The molecule has 0 aromatic rings. The second kappa shape index (κ2) is 3.38. The van der Waals surface area contributed by atoms with Gasteiger partial charge in [-0.3, -0.25) is 0 Å². The van der Waals surface area contributed by atoms with Crippen LogP contribution in [-0.4, -0.2) is 40.0 Å². The lowest BCUT2D eigenvalue weighted by Gasteiger charge is -2.43. The molecule has 0 spiro atoms. The number of carbonyl (C=O) groups is 1. The van der Waals surface area contributed by atoms with Crippen LogP contribution >= 0.6 is 0 Å². The van der Waals surface area contributed by atoms with E-state index in [9.17, 15) is 31.1 Å². The molecule has 4 N–H and O–H groups in total. The molecule has 1 saturated heterocycles. The molecule has 0 bridgehead atoms. The van der Waals surface area contributed by atoms with Crippen molar-refractivity contribution in [3.63, 3.8) is 0 Å². The third-order valence-corrected chi connectivity index (χ3v) is 2.09. The zero-order chi connectivity index (χ0) is 13.7. The van der Waals surface area contributed by atoms with Crippen LogP contribution in [0, 0.1) is 0 Å². The lowest BCUT2D eigenvalue weighted by molar-refractivity contribution is -0.333. The van der Waals surface area contributed by atoms with E-state index in [1.165, 1.54) is 0 Å². The van der Waals surface area contributed by atoms with Gasteiger partial charge >= 0.3 is 18.4 Å². The predicted octanol–water partition coefficient (Wildman–Crippen LogP) is 0.191. The Kier molecular flexibility index (Phi) is 2.75. The molecule has 1 aliphatic rings. The van der Waals surface area contributed by atoms with Crippen molar-refractivity contribution in [1.29, 1.82) is 0 Å². The van der Waals surface area contributed by atoms with E-state index in [2.05, 4.69) is 0 Å². The summed E-state index contributed by atoms with van der Waals surface area (Å²) in [4.78, 5) is 10.6. The van der Waals surface area contributed by atoms with Gasteiger partial charge in [0.1, 0.15) is 0 Å². The highest BCUT2D eigenvalue weighted by Gasteiger charge is 2.68. The topological polar surface area (TPSA) is 81.6 Å². The molecule has 5 nitrogen and oxygen atoms in total. The molecule has 0 unspecified atom stereocenters. The van der Waals surface area contributed by atoms with Crippen molar-refractivity contribution in [2.75, 3.05) is 0 Å². The number of alkyl halides is 6. The molecule has 11 heteroatoms. The molecule has 1 heterocycles. The van der Waals surface area contributed by atoms with Crippen LogP contribution in [0.5, 0.6) is 0 Å². The quantitative estimate of drug-likeness (QED) is 0.473. The Morgan fingerprint density at radius 1 is 0.941 bits per heavy atom. The summed E-state index contributed by atoms with van der Waals surface area (Å²) in [6.45, 7) is 0. The van der Waals surface area contributed by atoms with Gasteiger partial charge in [-0.15, -0.1) is 0 Å². The van der Waals surface area contributed by atoms with Crippen molar-refractivity contribution in [3.05, 3.63) is 0 Å². The molecular formula is C6H6F6N2O3. The number of halogens is 6. The van der Waals surface area contributed by atoms with Crippen LogP contribution in [0.25, 0.3) is 0 Å². The minimum absolute atomic E-state index is 0.880. The third kappa shape index (κ3) is 2.24. The Morgan fingerprint density at radius 2 is 1.24 bits per heavy atom. The van der Waals surface area contributed by atoms with Gasteiger partial charge in [0.05, 0.1) is 6.42 Å². The zero-order valence-electron chi connectivity index (χ0n) is 7.78. The maximum atomic E-state index is 12.3. The Labute approximate surface area is 89.4 Å². The van der Waals surface area contributed by atoms with E-state index in [4.69, 9.17) is 10.2 Å². The van der Waals surface area contributed by atoms with E-state index >= 15 is 0 Å². The Balaban J connectivity index is 3.14. The van der Waals surface area contributed by atoms with Gasteiger partial charge in [0.2, 0.25) is 11.4 Å². The molecule has 17 heavy (non-hydrogen) atoms. The molecular weight excluding hydrogens is 262 g/mol. The maximum absolute atomic E-state index is 12.3. The maximum Gasteiger partial charge on any atom is 0.436 e. The Bertz CT molecular complexity index is 312. The van der Waals surface area contributed by atoms with Crippen LogP contribution in [0.1, 0.15) is 6.42 Å². The summed E-state index contributed by atoms with van der Waals surface area (Å²) in [6.07, 6.45) is -13.3. The number of rotatable bonds is 0. The molecule has 2 atom stereocenters. The van der Waals surface area contributed by atoms with Gasteiger partial charge in [-0.25, -0.2) is 4.79 Å². The number of hydrogen-bond acceptors (Lipinski definition) is 3. The number of urea groups is 1. The number of amides is 2. The third-order valence-electron chi connectivity index (χ3n) is 2.09. The SMILES string of the molecule is O=C1N[C@@](O)(C(F)(F)F)C[C@](O)(C(F)(F)F)N1. The Morgan fingerprint density at radius 3 is 1.47 bits per heavy atom. The normalized spacial score (nSPS) is 35.2. The summed E-state index contributed by atoms with van der Waals surface area (Å²) in [5, 5.41) is 19.6. The number of carbonyl (C=O) groups excluding carboxylic acids is 1. The minimum atomic E-state index is -5.57. The predicted molar refractivity (Wildman–Crippen MR) is 38.3 cm³/mol. The van der Waals surface area contributed by atoms with Crippen LogP contribution in [0.4, 0.5) is 31.1 Å². The average Bonchev–Trinajstić information content (AvgIpc) is 1.96. The average molecular weight is 268 g/mol. The van der Waals surface area contributed by atoms with Gasteiger partial charge in [0.25, 0.3) is 0 Å². The molecule has 0 radical (unpaired) electrons. The largest absolute Gasteiger partial charge is 0.436 e. The molecule has 1 fully saturated rings. The first-order valence-corrected chi connectivity index (χ1v) is 3.99. The fourth-order valence-corrected chi connectivity index (χ4v) is 1.21. The van der Waals surface area contributed by atoms with Crippen molar-refractivity contribution >= 4 is 6.03 Å². The standard InChI is InChI=1S/C6H6F6N2O3/c7-5(8,9)3(16)1-4(17,6(10,11)12)14-2(15)13-3/h16-17H,1H2,(H2,13,14,15)/t3-,4-/m0/s1. The minimum Gasteiger partial charge on any atom is -0.363 e. The van der Waals surface area contributed by atoms with E-state index in [0.29, 0.717) is 0 Å². The summed E-state index contributed by atoms with van der Waals surface area (Å²) >= 11 is 0. The van der Waals surface area contributed by atoms with Crippen molar-refractivity contribution in [2.45, 2.75) is 30.2 Å². The first-order valence-electron chi connectivity index (χ1n) is 3.99. The van der Waals surface area contributed by atoms with Crippen LogP contribution in [0.3, 0.4) is 0 Å². The molecule has 2 amide bonds. The van der Waals surface area contributed by atoms with E-state index in [1.54, 1.807) is 0 Å². The first-order chi connectivity index (χ1) is 7.31. The first kappa shape index (κ1) is 13.8. The highest BCUT2D eigenvalue weighted by atomic mass is 19.4. The van der Waals surface area contributed by atoms with Crippen molar-refractivity contribution in [2.24, 2.45) is 0 Å². The smallest absolute Gasteiger partial charge is 0.363 e. The number of aliphatic hydroxyl groups is 2. The van der Waals surface area contributed by atoms with E-state index in [0.717, 1.165) is 10.6 Å². The molecule has 100 valence electrons. The second-order valence-corrected chi connectivity index (χ2v) is 3.47. The van der Waals surface area contributed by atoms with Crippen molar-refractivity contribution in [3.8, 4) is 0 Å². The van der Waals surface area contributed by atoms with E-state index in [1.807, 2.05) is 0 Å². The van der Waals surface area contributed by atoms with Gasteiger partial charge in [-0.1, -0.05) is 0 Å². The van der Waals surface area contributed by atoms with E-state index < -0.39 is 36.3 Å². The zero-order valence-corrected chi connectivity index (χ0v) is 7.78. The molecule has 0 aromatic heterocycles. The summed E-state index contributed by atoms with van der Waals surface area (Å²) in [5.74, 6) is 0. The number of nitrogens with one attached hydrogen (secondary N) is 2. The van der Waals surface area contributed by atoms with Crippen molar-refractivity contribution in [1.82, 2.24) is 10.6 Å². The van der Waals surface area contributed by atoms with E-state index in [-0.39, 0.29) is 0 Å². The Hall–Kier alpha value is -1.23. The molecule has 1 aliphatic heterocycles. The summed E-state index contributed by atoms with van der Waals surface area (Å²) in [5.41, 5.74) is -8.31. The highest BCUT2D eigenvalue weighted by molar-refractivity contribution is 5.76. The fourth-order valence-electron chi connectivity index (χ4n) is 1.21. The number of hydrogen-bond donors (Lipinski definition) is 4. The van der Waals surface area contributed by atoms with Gasteiger partial charge in [0, 0.05) is 0 Å². The molecule has 0 saturated carbocycles. The van der Waals surface area contributed by atoms with Crippen LogP contribution < -0.4 is 10.6 Å². The summed E-state index contributed by atoms with van der Waals surface area (Å²) < 4.78 is 73.6. The van der Waals surface area contributed by atoms with Gasteiger partial charge in [-0.05, 0) is 0 Å². The monoisotopic (exact) mass is 268 g/mol. The van der Waals surface area contributed by atoms with Crippen molar-refractivity contribution < 1.29 is 41.4 Å².